The summed E-state index contributed by atoms with van der Waals surface area (Å²) in [6.45, 7) is 15.5. The summed E-state index contributed by atoms with van der Waals surface area (Å²) in [6, 6.07) is 4.60. The first-order valence-electron chi connectivity index (χ1n) is 9.92. The minimum Gasteiger partial charge on any atom is -0.507 e. The Balaban J connectivity index is 2.37. The highest BCUT2D eigenvalue weighted by molar-refractivity contribution is 5.50. The Labute approximate surface area is 149 Å². The first-order chi connectivity index (χ1) is 11.0. The van der Waals surface area contributed by atoms with Crippen molar-refractivity contribution in [3.05, 3.63) is 28.8 Å². The second-order valence-electron chi connectivity index (χ2n) is 9.97. The van der Waals surface area contributed by atoms with Crippen molar-refractivity contribution in [2.75, 3.05) is 0 Å². The fourth-order valence-electron chi connectivity index (χ4n) is 4.23. The van der Waals surface area contributed by atoms with Gasteiger partial charge in [-0.2, -0.15) is 0 Å². The molecular weight excluding hydrogens is 292 g/mol. The molecule has 1 aromatic rings. The van der Waals surface area contributed by atoms with E-state index >= 15 is 0 Å². The maximum absolute atomic E-state index is 10.9. The van der Waals surface area contributed by atoms with Gasteiger partial charge < -0.3 is 5.11 Å². The zero-order valence-electron chi connectivity index (χ0n) is 17.0. The zero-order valence-corrected chi connectivity index (χ0v) is 17.0. The lowest BCUT2D eigenvalue weighted by atomic mass is 9.73. The highest BCUT2D eigenvalue weighted by atomic mass is 16.3. The van der Waals surface area contributed by atoms with Crippen LogP contribution in [0.2, 0.25) is 0 Å². The van der Waals surface area contributed by atoms with Crippen LogP contribution in [0.5, 0.6) is 5.75 Å². The predicted molar refractivity (Wildman–Crippen MR) is 105 cm³/mol. The van der Waals surface area contributed by atoms with Gasteiger partial charge in [0, 0.05) is 0 Å². The Hall–Kier alpha value is -0.980. The minimum atomic E-state index is -0.0283. The summed E-state index contributed by atoms with van der Waals surface area (Å²) in [5.41, 5.74) is 3.62. The molecule has 1 aliphatic carbocycles. The first-order valence-corrected chi connectivity index (χ1v) is 9.92. The summed E-state index contributed by atoms with van der Waals surface area (Å²) < 4.78 is 0. The van der Waals surface area contributed by atoms with Crippen molar-refractivity contribution >= 4 is 0 Å². The molecule has 1 heteroatoms. The molecule has 0 unspecified atom stereocenters. The SMILES string of the molecule is CCC[C@H]1CC[C@H](c2cc(C(C)(C)C)c(O)c(C(C)(C)C)c2)CC1. The lowest BCUT2D eigenvalue weighted by molar-refractivity contribution is 0.307. The van der Waals surface area contributed by atoms with Crippen LogP contribution >= 0.6 is 0 Å². The van der Waals surface area contributed by atoms with Crippen LogP contribution in [0, 0.1) is 5.92 Å². The van der Waals surface area contributed by atoms with Gasteiger partial charge in [0.05, 0.1) is 0 Å². The van der Waals surface area contributed by atoms with Gasteiger partial charge in [-0.15, -0.1) is 0 Å². The zero-order chi connectivity index (χ0) is 18.1. The summed E-state index contributed by atoms with van der Waals surface area (Å²) in [6.07, 6.45) is 8.06. The molecule has 0 aromatic heterocycles. The topological polar surface area (TPSA) is 20.2 Å². The molecule has 0 spiro atoms. The first kappa shape index (κ1) is 19.3. The van der Waals surface area contributed by atoms with Crippen molar-refractivity contribution in [2.24, 2.45) is 5.92 Å². The Morgan fingerprint density at radius 1 is 0.875 bits per heavy atom. The molecule has 1 nitrogen and oxygen atoms in total. The van der Waals surface area contributed by atoms with E-state index in [1.54, 1.807) is 0 Å². The van der Waals surface area contributed by atoms with Gasteiger partial charge >= 0.3 is 0 Å². The van der Waals surface area contributed by atoms with Crippen LogP contribution < -0.4 is 0 Å². The largest absolute Gasteiger partial charge is 0.507 e. The number of hydrogen-bond donors (Lipinski definition) is 1. The van der Waals surface area contributed by atoms with E-state index in [4.69, 9.17) is 0 Å². The second-order valence-corrected chi connectivity index (χ2v) is 9.97. The van der Waals surface area contributed by atoms with E-state index < -0.39 is 0 Å². The van der Waals surface area contributed by atoms with Crippen molar-refractivity contribution < 1.29 is 5.11 Å². The molecule has 0 heterocycles. The monoisotopic (exact) mass is 330 g/mol. The average molecular weight is 331 g/mol. The minimum absolute atomic E-state index is 0.0283. The standard InChI is InChI=1S/C23H38O/c1-8-9-16-10-12-17(13-11-16)18-14-19(22(2,3)4)21(24)20(15-18)23(5,6)7/h14-17,24H,8-13H2,1-7H3/t16-,17-. The quantitative estimate of drug-likeness (QED) is 0.629. The highest BCUT2D eigenvalue weighted by Crippen LogP contribution is 2.44. The molecular formula is C23H38O. The van der Waals surface area contributed by atoms with E-state index in [2.05, 4.69) is 60.6 Å². The molecule has 1 fully saturated rings. The number of phenolic OH excluding ortho intramolecular Hbond substituents is 1. The van der Waals surface area contributed by atoms with Gasteiger partial charge in [0.15, 0.2) is 0 Å². The van der Waals surface area contributed by atoms with Gasteiger partial charge in [-0.05, 0) is 65.0 Å². The summed E-state index contributed by atoms with van der Waals surface area (Å²) in [7, 11) is 0. The van der Waals surface area contributed by atoms with Crippen LogP contribution in [0.3, 0.4) is 0 Å². The smallest absolute Gasteiger partial charge is 0.123 e. The molecule has 0 aliphatic heterocycles. The Kier molecular flexibility index (Phi) is 5.72. The van der Waals surface area contributed by atoms with E-state index in [0.29, 0.717) is 11.7 Å². The van der Waals surface area contributed by atoms with Crippen LogP contribution in [-0.2, 0) is 10.8 Å². The third-order valence-corrected chi connectivity index (χ3v) is 5.76. The third kappa shape index (κ3) is 4.35. The molecule has 0 atom stereocenters. The normalized spacial score (nSPS) is 22.6. The Bertz CT molecular complexity index is 513. The molecule has 2 rings (SSSR count). The molecule has 0 bridgehead atoms. The predicted octanol–water partition coefficient (Wildman–Crippen LogP) is 7.06. The second kappa shape index (κ2) is 7.10. The van der Waals surface area contributed by atoms with Gasteiger partial charge in [-0.25, -0.2) is 0 Å². The molecule has 24 heavy (non-hydrogen) atoms. The van der Waals surface area contributed by atoms with Gasteiger partial charge in [0.1, 0.15) is 5.75 Å². The molecule has 1 saturated carbocycles. The fraction of sp³-hybridized carbons (Fsp3) is 0.739. The van der Waals surface area contributed by atoms with Crippen LogP contribution in [0.4, 0.5) is 0 Å². The maximum atomic E-state index is 10.9. The van der Waals surface area contributed by atoms with Gasteiger partial charge in [0.25, 0.3) is 0 Å². The summed E-state index contributed by atoms with van der Waals surface area (Å²) in [5.74, 6) is 2.12. The van der Waals surface area contributed by atoms with E-state index in [0.717, 1.165) is 17.0 Å². The summed E-state index contributed by atoms with van der Waals surface area (Å²) >= 11 is 0. The van der Waals surface area contributed by atoms with Crippen molar-refractivity contribution in [2.45, 2.75) is 104 Å². The van der Waals surface area contributed by atoms with Crippen LogP contribution in [0.25, 0.3) is 0 Å². The van der Waals surface area contributed by atoms with Crippen LogP contribution in [0.1, 0.15) is 110 Å². The molecule has 0 saturated heterocycles. The van der Waals surface area contributed by atoms with E-state index in [1.165, 1.54) is 44.1 Å². The van der Waals surface area contributed by atoms with Crippen molar-refractivity contribution in [3.8, 4) is 5.75 Å². The lowest BCUT2D eigenvalue weighted by Gasteiger charge is -2.32. The van der Waals surface area contributed by atoms with E-state index in [1.807, 2.05) is 0 Å². The lowest BCUT2D eigenvalue weighted by Crippen LogP contribution is -2.20. The fourth-order valence-corrected chi connectivity index (χ4v) is 4.23. The third-order valence-electron chi connectivity index (χ3n) is 5.76. The van der Waals surface area contributed by atoms with Crippen molar-refractivity contribution in [1.29, 1.82) is 0 Å². The number of aromatic hydroxyl groups is 1. The van der Waals surface area contributed by atoms with Crippen LogP contribution in [-0.4, -0.2) is 5.11 Å². The number of benzene rings is 1. The van der Waals surface area contributed by atoms with Crippen molar-refractivity contribution in [3.63, 3.8) is 0 Å². The van der Waals surface area contributed by atoms with Gasteiger partial charge in [-0.3, -0.25) is 0 Å². The number of rotatable bonds is 3. The molecule has 0 radical (unpaired) electrons. The Morgan fingerprint density at radius 3 is 1.71 bits per heavy atom. The highest BCUT2D eigenvalue weighted by Gasteiger charge is 2.29. The molecule has 136 valence electrons. The molecule has 1 N–H and O–H groups in total. The van der Waals surface area contributed by atoms with Crippen LogP contribution in [0.15, 0.2) is 12.1 Å². The maximum Gasteiger partial charge on any atom is 0.123 e. The number of hydrogen-bond acceptors (Lipinski definition) is 1. The number of phenols is 1. The van der Waals surface area contributed by atoms with E-state index in [9.17, 15) is 5.11 Å². The summed E-state index contributed by atoms with van der Waals surface area (Å²) in [4.78, 5) is 0. The van der Waals surface area contributed by atoms with Gasteiger partial charge in [-0.1, -0.05) is 73.4 Å². The average Bonchev–Trinajstić information content (AvgIpc) is 2.46. The summed E-state index contributed by atoms with van der Waals surface area (Å²) in [5, 5.41) is 10.9. The van der Waals surface area contributed by atoms with E-state index in [-0.39, 0.29) is 10.8 Å². The Morgan fingerprint density at radius 2 is 1.33 bits per heavy atom. The molecule has 1 aliphatic rings. The van der Waals surface area contributed by atoms with Gasteiger partial charge in [0.2, 0.25) is 0 Å². The van der Waals surface area contributed by atoms with Crippen molar-refractivity contribution in [1.82, 2.24) is 0 Å². The molecule has 1 aromatic carbocycles. The molecule has 0 amide bonds.